The number of hydrogen-bond acceptors (Lipinski definition) is 15. The molecule has 112 heavy (non-hydrogen) atoms. The number of aliphatic hydroxyl groups is 1. The lowest BCUT2D eigenvalue weighted by Crippen LogP contribution is -2.30. The molecule has 0 amide bonds. The van der Waals surface area contributed by atoms with Gasteiger partial charge in [-0.1, -0.05) is 293 Å². The molecule has 5 atom stereocenters. The molecule has 19 heteroatoms. The molecule has 0 spiro atoms. The Balaban J connectivity index is 5.48. The first-order chi connectivity index (χ1) is 54.7. The van der Waals surface area contributed by atoms with Crippen molar-refractivity contribution in [2.24, 2.45) is 0 Å². The van der Waals surface area contributed by atoms with Gasteiger partial charge in [0.25, 0.3) is 0 Å². The molecule has 0 aliphatic carbocycles. The van der Waals surface area contributed by atoms with E-state index in [0.717, 1.165) is 199 Å². The number of carbonyl (C=O) groups excluding carboxylic acids is 4. The summed E-state index contributed by atoms with van der Waals surface area (Å²) in [5.74, 6) is -2.30. The molecule has 0 aliphatic heterocycles. The van der Waals surface area contributed by atoms with Crippen LogP contribution in [0.25, 0.3) is 0 Å². The van der Waals surface area contributed by atoms with Crippen LogP contribution in [-0.2, 0) is 65.4 Å². The van der Waals surface area contributed by atoms with Gasteiger partial charge in [0.15, 0.2) is 12.2 Å². The molecule has 0 aromatic carbocycles. The highest BCUT2D eigenvalue weighted by Gasteiger charge is 2.30. The Kier molecular flexibility index (Phi) is 78.8. The third kappa shape index (κ3) is 82.2. The minimum Gasteiger partial charge on any atom is -0.462 e. The lowest BCUT2D eigenvalue weighted by Gasteiger charge is -2.21. The average molecular weight is 1600 g/mol. The highest BCUT2D eigenvalue weighted by atomic mass is 31.2. The van der Waals surface area contributed by atoms with Gasteiger partial charge in [-0.2, -0.15) is 0 Å². The highest BCUT2D eigenvalue weighted by Crippen LogP contribution is 2.45. The molecule has 0 bridgehead atoms. The van der Waals surface area contributed by atoms with Gasteiger partial charge in [-0.05, 0) is 186 Å². The number of phosphoric ester groups is 2. The molecule has 0 heterocycles. The summed E-state index contributed by atoms with van der Waals surface area (Å²) in [6.07, 6.45) is 101. The van der Waals surface area contributed by atoms with Crippen molar-refractivity contribution in [2.75, 3.05) is 39.6 Å². The van der Waals surface area contributed by atoms with Gasteiger partial charge in [-0.3, -0.25) is 37.3 Å². The number of unbranched alkanes of at least 4 members (excludes halogenated alkanes) is 23. The maximum Gasteiger partial charge on any atom is 0.472 e. The number of ether oxygens (including phenoxy) is 4. The fraction of sp³-hybridized carbons (Fsp3) is 0.634. The van der Waals surface area contributed by atoms with Crippen LogP contribution in [0.1, 0.15) is 323 Å². The molecule has 0 aliphatic rings. The zero-order valence-corrected chi connectivity index (χ0v) is 71.6. The first-order valence-electron chi connectivity index (χ1n) is 43.0. The number of hydrogen-bond donors (Lipinski definition) is 3. The summed E-state index contributed by atoms with van der Waals surface area (Å²) in [5.41, 5.74) is 0. The summed E-state index contributed by atoms with van der Waals surface area (Å²) in [6.45, 7) is 4.49. The van der Waals surface area contributed by atoms with Crippen molar-refractivity contribution < 1.29 is 80.2 Å². The molecule has 0 rings (SSSR count). The Morgan fingerprint density at radius 3 is 0.741 bits per heavy atom. The van der Waals surface area contributed by atoms with Crippen molar-refractivity contribution in [3.63, 3.8) is 0 Å². The minimum absolute atomic E-state index is 0.0325. The van der Waals surface area contributed by atoms with Gasteiger partial charge < -0.3 is 33.8 Å². The summed E-state index contributed by atoms with van der Waals surface area (Å²) in [5, 5.41) is 10.7. The predicted molar refractivity (Wildman–Crippen MR) is 463 cm³/mol. The zero-order valence-electron chi connectivity index (χ0n) is 69.8. The van der Waals surface area contributed by atoms with Gasteiger partial charge in [0.05, 0.1) is 26.4 Å². The molecule has 5 unspecified atom stereocenters. The summed E-state index contributed by atoms with van der Waals surface area (Å²) >= 11 is 0. The van der Waals surface area contributed by atoms with Crippen LogP contribution in [0, 0.1) is 0 Å². The van der Waals surface area contributed by atoms with E-state index in [2.05, 4.69) is 210 Å². The molecular formula is C93H152O17P2. The van der Waals surface area contributed by atoms with Crippen molar-refractivity contribution in [3.05, 3.63) is 182 Å². The third-order valence-electron chi connectivity index (χ3n) is 17.3. The van der Waals surface area contributed by atoms with Crippen LogP contribution in [0.15, 0.2) is 182 Å². The van der Waals surface area contributed by atoms with Crippen LogP contribution in [0.5, 0.6) is 0 Å². The van der Waals surface area contributed by atoms with E-state index in [1.165, 1.54) is 38.5 Å². The van der Waals surface area contributed by atoms with Crippen LogP contribution in [0.2, 0.25) is 0 Å². The fourth-order valence-electron chi connectivity index (χ4n) is 10.8. The lowest BCUT2D eigenvalue weighted by molar-refractivity contribution is -0.161. The van der Waals surface area contributed by atoms with Gasteiger partial charge in [0.1, 0.15) is 19.3 Å². The monoisotopic (exact) mass is 1600 g/mol. The Hall–Kier alpha value is -5.84. The molecule has 0 fully saturated rings. The Morgan fingerprint density at radius 1 is 0.259 bits per heavy atom. The van der Waals surface area contributed by atoms with Gasteiger partial charge >= 0.3 is 39.5 Å². The molecule has 0 aromatic rings. The van der Waals surface area contributed by atoms with E-state index < -0.39 is 97.5 Å². The number of allylic oxidation sites excluding steroid dienone is 30. The predicted octanol–water partition coefficient (Wildman–Crippen LogP) is 25.9. The number of esters is 4. The van der Waals surface area contributed by atoms with Crippen LogP contribution >= 0.6 is 15.6 Å². The largest absolute Gasteiger partial charge is 0.472 e. The van der Waals surface area contributed by atoms with Gasteiger partial charge in [0.2, 0.25) is 0 Å². The van der Waals surface area contributed by atoms with Crippen LogP contribution in [0.3, 0.4) is 0 Å². The second-order valence-electron chi connectivity index (χ2n) is 28.0. The average Bonchev–Trinajstić information content (AvgIpc) is 0.898. The van der Waals surface area contributed by atoms with Crippen molar-refractivity contribution >= 4 is 39.5 Å². The summed E-state index contributed by atoms with van der Waals surface area (Å²) in [4.78, 5) is 73.3. The number of phosphoric acid groups is 2. The Labute approximate surface area is 679 Å². The number of aliphatic hydroxyl groups excluding tert-OH is 1. The van der Waals surface area contributed by atoms with Crippen LogP contribution in [-0.4, -0.2) is 96.7 Å². The fourth-order valence-corrected chi connectivity index (χ4v) is 12.4. The van der Waals surface area contributed by atoms with Crippen molar-refractivity contribution in [2.45, 2.75) is 341 Å². The van der Waals surface area contributed by atoms with Gasteiger partial charge in [0, 0.05) is 25.7 Å². The summed E-state index contributed by atoms with van der Waals surface area (Å²) < 4.78 is 68.8. The molecule has 0 saturated carbocycles. The maximum atomic E-state index is 13.2. The summed E-state index contributed by atoms with van der Waals surface area (Å²) in [6, 6.07) is 0. The van der Waals surface area contributed by atoms with E-state index in [0.29, 0.717) is 32.1 Å². The highest BCUT2D eigenvalue weighted by molar-refractivity contribution is 7.47. The smallest absolute Gasteiger partial charge is 0.462 e. The van der Waals surface area contributed by atoms with E-state index in [4.69, 9.17) is 37.0 Å². The molecule has 17 nitrogen and oxygen atoms in total. The van der Waals surface area contributed by atoms with Gasteiger partial charge in [-0.25, -0.2) is 9.13 Å². The first-order valence-corrected chi connectivity index (χ1v) is 46.0. The first kappa shape index (κ1) is 106. The number of carbonyl (C=O) groups is 4. The van der Waals surface area contributed by atoms with E-state index in [9.17, 15) is 43.2 Å². The lowest BCUT2D eigenvalue weighted by atomic mass is 10.1. The standard InChI is InChI=1S/C93H152O17P2/c1-5-9-13-17-21-25-29-33-37-40-43-46-50-53-57-61-65-69-73-77-90(95)103-83-88(109-92(97)79-75-71-67-63-59-55-49-36-32-28-24-20-16-12-8-4)85-107-111(99,100)105-81-87(94)82-106-112(101,102)108-86-89(110-93(98)80-76-72-68-64-60-56-52-48-45-42-39-35-31-27-23-19-15-11-7-3)84-104-91(96)78-74-70-66-62-58-54-51-47-44-41-38-34-30-26-22-18-14-10-6-2/h10,12,14,16,21-28,33-39,43-49,54,58-59,63,87-89,94H,5-9,11,13,15,17-20,29-32,40-42,50-53,55-57,60-62,64-86H2,1-4H3,(H,99,100)(H,101,102)/b14-10-,16-12-,25-21-,26-22-,27-23-,28-24-,37-33-,38-34-,39-35-,46-43-,47-44-,48-45-,49-36-,58-54-,63-59-. The maximum absolute atomic E-state index is 13.2. The molecule has 3 N–H and O–H groups in total. The van der Waals surface area contributed by atoms with E-state index in [-0.39, 0.29) is 25.7 Å². The van der Waals surface area contributed by atoms with Crippen molar-refractivity contribution in [3.8, 4) is 0 Å². The van der Waals surface area contributed by atoms with Crippen LogP contribution in [0.4, 0.5) is 0 Å². The van der Waals surface area contributed by atoms with E-state index >= 15 is 0 Å². The second-order valence-corrected chi connectivity index (χ2v) is 30.9. The molecule has 0 aromatic heterocycles. The second kappa shape index (κ2) is 83.1. The number of rotatable bonds is 79. The Bertz CT molecular complexity index is 2840. The third-order valence-corrected chi connectivity index (χ3v) is 19.2. The van der Waals surface area contributed by atoms with E-state index in [1.807, 2.05) is 0 Å². The van der Waals surface area contributed by atoms with Crippen molar-refractivity contribution in [1.82, 2.24) is 0 Å². The molecule has 0 saturated heterocycles. The van der Waals surface area contributed by atoms with Crippen molar-refractivity contribution in [1.29, 1.82) is 0 Å². The van der Waals surface area contributed by atoms with E-state index in [1.54, 1.807) is 0 Å². The normalized spacial score (nSPS) is 14.7. The Morgan fingerprint density at radius 2 is 0.464 bits per heavy atom. The summed E-state index contributed by atoms with van der Waals surface area (Å²) in [7, 11) is -10.0. The molecule has 636 valence electrons. The quantitative estimate of drug-likeness (QED) is 0.0169. The topological polar surface area (TPSA) is 237 Å². The zero-order chi connectivity index (χ0) is 81.7. The minimum atomic E-state index is -5.01. The molecule has 0 radical (unpaired) electrons. The van der Waals surface area contributed by atoms with Gasteiger partial charge in [-0.15, -0.1) is 0 Å². The molecular weight excluding hydrogens is 1450 g/mol. The SMILES string of the molecule is CC/C=C\C/C=C\C/C=C\C/C=C\C/C=C\CCCCCC(=O)OCC(COP(=O)(O)OCC(O)COP(=O)(O)OCC(COC(=O)CCCCCCCC/C=C\C/C=C\C/C=C\CCCCC)OC(=O)CCCC/C=C\C/C=C\C/C=C\C/C=C\CC)OC(=O)CCCCCCCC/C=C\C/C=C\C/C=C\CCCCC. The van der Waals surface area contributed by atoms with Crippen LogP contribution < -0.4 is 0 Å².